The van der Waals surface area contributed by atoms with Gasteiger partial charge >= 0.3 is 0 Å². The van der Waals surface area contributed by atoms with Gasteiger partial charge in [-0.3, -0.25) is 9.48 Å². The number of carbonyl (C=O) groups is 1. The number of hydrogen-bond acceptors (Lipinski definition) is 4. The second-order valence-corrected chi connectivity index (χ2v) is 7.88. The van der Waals surface area contributed by atoms with Gasteiger partial charge in [-0.1, -0.05) is 12.8 Å². The van der Waals surface area contributed by atoms with Crippen LogP contribution in [0.3, 0.4) is 0 Å². The maximum Gasteiger partial charge on any atom is 0.223 e. The summed E-state index contributed by atoms with van der Waals surface area (Å²) in [6, 6.07) is 2.62. The van der Waals surface area contributed by atoms with Crippen molar-refractivity contribution in [2.24, 2.45) is 5.92 Å². The fraction of sp³-hybridized carbons (Fsp3) is 0.632. The minimum Gasteiger partial charge on any atom is -0.339 e. The molecule has 3 aliphatic rings. The Morgan fingerprint density at radius 1 is 1.27 bits per heavy atom. The van der Waals surface area contributed by atoms with Crippen LogP contribution in [0.5, 0.6) is 0 Å². The molecule has 2 aromatic rings. The van der Waals surface area contributed by atoms with Gasteiger partial charge in [0.15, 0.2) is 5.82 Å². The number of amides is 1. The Morgan fingerprint density at radius 2 is 2.15 bits per heavy atom. The lowest BCUT2D eigenvalue weighted by atomic mass is 10.1. The molecule has 0 aromatic carbocycles. The number of likely N-dealkylation sites (tertiary alicyclic amines) is 1. The maximum atomic E-state index is 12.5. The molecular formula is C19H26N6O. The van der Waals surface area contributed by atoms with Crippen LogP contribution in [0.1, 0.15) is 37.8 Å². The minimum absolute atomic E-state index is 0.340. The number of hydrogen-bond donors (Lipinski definition) is 1. The SMILES string of the molecule is O=C1C[C@@H](Cn2ccnc2-c2cc3n(n2)CCNC3)CN1C1CCCC1. The number of carbonyl (C=O) groups excluding carboxylic acids is 1. The molecule has 0 radical (unpaired) electrons. The summed E-state index contributed by atoms with van der Waals surface area (Å²) in [7, 11) is 0. The van der Waals surface area contributed by atoms with Crippen molar-refractivity contribution in [1.29, 1.82) is 0 Å². The molecule has 1 amide bonds. The van der Waals surface area contributed by atoms with E-state index >= 15 is 0 Å². The van der Waals surface area contributed by atoms with Crippen molar-refractivity contribution in [2.45, 2.75) is 57.8 Å². The van der Waals surface area contributed by atoms with Gasteiger partial charge in [0.05, 0.1) is 12.2 Å². The summed E-state index contributed by atoms with van der Waals surface area (Å²) in [5.74, 6) is 1.63. The summed E-state index contributed by atoms with van der Waals surface area (Å²) in [5.41, 5.74) is 2.15. The molecule has 1 atom stereocenters. The molecule has 7 heteroatoms. The monoisotopic (exact) mass is 354 g/mol. The zero-order valence-electron chi connectivity index (χ0n) is 15.1. The van der Waals surface area contributed by atoms with E-state index in [2.05, 4.69) is 30.5 Å². The maximum absolute atomic E-state index is 12.5. The molecule has 4 heterocycles. The van der Waals surface area contributed by atoms with Gasteiger partial charge in [-0.05, 0) is 18.9 Å². The Bertz CT molecular complexity index is 779. The molecule has 1 N–H and O–H groups in total. The average molecular weight is 354 g/mol. The lowest BCUT2D eigenvalue weighted by molar-refractivity contribution is -0.129. The number of nitrogens with one attached hydrogen (secondary N) is 1. The average Bonchev–Trinajstić information content (AvgIpc) is 3.41. The van der Waals surface area contributed by atoms with E-state index in [1.807, 2.05) is 12.4 Å². The van der Waals surface area contributed by atoms with Gasteiger partial charge in [-0.15, -0.1) is 0 Å². The molecule has 1 saturated heterocycles. The second-order valence-electron chi connectivity index (χ2n) is 7.88. The third-order valence-electron chi connectivity index (χ3n) is 6.07. The van der Waals surface area contributed by atoms with Crippen molar-refractivity contribution < 1.29 is 4.79 Å². The molecule has 26 heavy (non-hydrogen) atoms. The second kappa shape index (κ2) is 6.54. The van der Waals surface area contributed by atoms with E-state index in [0.29, 0.717) is 24.3 Å². The van der Waals surface area contributed by atoms with E-state index in [0.717, 1.165) is 44.2 Å². The van der Waals surface area contributed by atoms with Crippen LogP contribution in [0, 0.1) is 5.92 Å². The van der Waals surface area contributed by atoms with E-state index in [1.165, 1.54) is 31.4 Å². The first-order chi connectivity index (χ1) is 12.8. The van der Waals surface area contributed by atoms with Crippen LogP contribution in [-0.2, 0) is 24.4 Å². The first kappa shape index (κ1) is 16.1. The van der Waals surface area contributed by atoms with Gasteiger partial charge < -0.3 is 14.8 Å². The molecule has 1 saturated carbocycles. The van der Waals surface area contributed by atoms with Gasteiger partial charge in [-0.2, -0.15) is 5.10 Å². The number of fused-ring (bicyclic) bond motifs is 1. The summed E-state index contributed by atoms with van der Waals surface area (Å²) in [5, 5.41) is 8.12. The van der Waals surface area contributed by atoms with Gasteiger partial charge in [0, 0.05) is 57.0 Å². The van der Waals surface area contributed by atoms with Crippen LogP contribution >= 0.6 is 0 Å². The summed E-state index contributed by atoms with van der Waals surface area (Å²) in [6.07, 6.45) is 9.44. The molecule has 7 nitrogen and oxygen atoms in total. The van der Waals surface area contributed by atoms with E-state index in [-0.39, 0.29) is 0 Å². The van der Waals surface area contributed by atoms with Crippen LogP contribution in [0.2, 0.25) is 0 Å². The number of imidazole rings is 1. The zero-order valence-corrected chi connectivity index (χ0v) is 15.1. The van der Waals surface area contributed by atoms with Crippen molar-refractivity contribution in [3.63, 3.8) is 0 Å². The lowest BCUT2D eigenvalue weighted by Gasteiger charge is -2.24. The number of nitrogens with zero attached hydrogens (tertiary/aromatic N) is 5. The molecule has 0 unspecified atom stereocenters. The zero-order chi connectivity index (χ0) is 17.5. The van der Waals surface area contributed by atoms with Crippen LogP contribution in [0.15, 0.2) is 18.5 Å². The highest BCUT2D eigenvalue weighted by atomic mass is 16.2. The highest BCUT2D eigenvalue weighted by molar-refractivity contribution is 5.79. The summed E-state index contributed by atoms with van der Waals surface area (Å²) >= 11 is 0. The third-order valence-corrected chi connectivity index (χ3v) is 6.07. The van der Waals surface area contributed by atoms with E-state index in [9.17, 15) is 4.79 Å². The van der Waals surface area contributed by atoms with Crippen molar-refractivity contribution in [3.8, 4) is 11.5 Å². The topological polar surface area (TPSA) is 68.0 Å². The third kappa shape index (κ3) is 2.84. The van der Waals surface area contributed by atoms with Crippen molar-refractivity contribution in [1.82, 2.24) is 29.5 Å². The number of rotatable bonds is 4. The number of aromatic nitrogens is 4. The van der Waals surface area contributed by atoms with Crippen LogP contribution in [-0.4, -0.2) is 49.3 Å². The molecule has 5 rings (SSSR count). The van der Waals surface area contributed by atoms with Crippen LogP contribution in [0.4, 0.5) is 0 Å². The predicted molar refractivity (Wildman–Crippen MR) is 97.2 cm³/mol. The molecule has 0 spiro atoms. The Labute approximate surface area is 153 Å². The van der Waals surface area contributed by atoms with E-state index in [1.54, 1.807) is 0 Å². The van der Waals surface area contributed by atoms with Gasteiger partial charge in [0.2, 0.25) is 5.91 Å². The standard InChI is InChI=1S/C19H26N6O/c26-18-9-14(13-24(18)15-3-1-2-4-15)12-23-7-6-21-19(23)17-10-16-11-20-5-8-25(16)22-17/h6-7,10,14-15,20H,1-5,8-9,11-13H2/t14-/m0/s1. The minimum atomic E-state index is 0.340. The molecule has 0 bridgehead atoms. The smallest absolute Gasteiger partial charge is 0.223 e. The van der Waals surface area contributed by atoms with E-state index in [4.69, 9.17) is 5.10 Å². The molecule has 2 aliphatic heterocycles. The highest BCUT2D eigenvalue weighted by Crippen LogP contribution is 2.30. The molecule has 2 fully saturated rings. The fourth-order valence-corrected chi connectivity index (χ4v) is 4.77. The quantitative estimate of drug-likeness (QED) is 0.906. The molecule has 2 aromatic heterocycles. The first-order valence-corrected chi connectivity index (χ1v) is 9.86. The van der Waals surface area contributed by atoms with Crippen molar-refractivity contribution in [2.75, 3.05) is 13.1 Å². The fourth-order valence-electron chi connectivity index (χ4n) is 4.77. The highest BCUT2D eigenvalue weighted by Gasteiger charge is 2.35. The molecular weight excluding hydrogens is 328 g/mol. The van der Waals surface area contributed by atoms with Gasteiger partial charge in [-0.25, -0.2) is 4.98 Å². The van der Waals surface area contributed by atoms with Crippen molar-refractivity contribution >= 4 is 5.91 Å². The molecule has 1 aliphatic carbocycles. The Kier molecular flexibility index (Phi) is 4.04. The summed E-state index contributed by atoms with van der Waals surface area (Å²) in [6.45, 7) is 4.46. The predicted octanol–water partition coefficient (Wildman–Crippen LogP) is 1.64. The Hall–Kier alpha value is -2.15. The van der Waals surface area contributed by atoms with Crippen LogP contribution < -0.4 is 5.32 Å². The molecule has 138 valence electrons. The van der Waals surface area contributed by atoms with Gasteiger partial charge in [0.25, 0.3) is 0 Å². The van der Waals surface area contributed by atoms with E-state index < -0.39 is 0 Å². The Balaban J connectivity index is 1.32. The van der Waals surface area contributed by atoms with Gasteiger partial charge in [0.1, 0.15) is 5.69 Å². The first-order valence-electron chi connectivity index (χ1n) is 9.86. The van der Waals surface area contributed by atoms with Crippen LogP contribution in [0.25, 0.3) is 11.5 Å². The summed E-state index contributed by atoms with van der Waals surface area (Å²) in [4.78, 5) is 19.2. The largest absolute Gasteiger partial charge is 0.339 e. The summed E-state index contributed by atoms with van der Waals surface area (Å²) < 4.78 is 4.25. The normalized spacial score (nSPS) is 23.8. The lowest BCUT2D eigenvalue weighted by Crippen LogP contribution is -2.34. The Morgan fingerprint density at radius 3 is 3.00 bits per heavy atom. The van der Waals surface area contributed by atoms with Crippen molar-refractivity contribution in [3.05, 3.63) is 24.2 Å².